The average Bonchev–Trinajstić information content (AvgIpc) is 4.21. The molecule has 0 amide bonds. The number of thiazole rings is 2. The van der Waals surface area contributed by atoms with Crippen LogP contribution in [0.3, 0.4) is 0 Å². The van der Waals surface area contributed by atoms with E-state index < -0.39 is 0 Å². The molecule has 0 saturated heterocycles. The Morgan fingerprint density at radius 1 is 0.500 bits per heavy atom. The van der Waals surface area contributed by atoms with Crippen LogP contribution in [0.15, 0.2) is 226 Å². The first-order chi connectivity index (χ1) is 36.6. The fraction of sp³-hybridized carbons (Fsp3) is 0.156. The number of aryl methyl sites for hydroxylation is 2. The van der Waals surface area contributed by atoms with Crippen LogP contribution in [0, 0.1) is 0 Å². The minimum Gasteiger partial charge on any atom is -0.494 e. The monoisotopic (exact) mass is 1040 g/mol. The smallest absolute Gasteiger partial charge is 0.262 e. The van der Waals surface area contributed by atoms with E-state index in [1.807, 2.05) is 107 Å². The molecule has 10 heteroatoms. The summed E-state index contributed by atoms with van der Waals surface area (Å²) in [5.41, 5.74) is 5.23. The molecule has 0 spiro atoms. The topological polar surface area (TPSA) is 32.7 Å². The minimum atomic E-state index is 0.687. The molecule has 368 valence electrons. The van der Waals surface area contributed by atoms with Crippen molar-refractivity contribution in [1.82, 2.24) is 0 Å². The molecule has 0 bridgehead atoms. The van der Waals surface area contributed by atoms with E-state index in [2.05, 4.69) is 191 Å². The molecule has 0 radical (unpaired) electrons. The van der Waals surface area contributed by atoms with E-state index in [0.717, 1.165) is 50.5 Å². The molecule has 12 rings (SSSR count). The lowest BCUT2D eigenvalue weighted by Gasteiger charge is -2.20. The number of fused-ring (bicyclic) bond motifs is 8. The summed E-state index contributed by atoms with van der Waals surface area (Å²) in [6.45, 7) is 9.56. The third kappa shape index (κ3) is 10.8. The second-order valence-corrected chi connectivity index (χ2v) is 22.1. The van der Waals surface area contributed by atoms with Crippen LogP contribution in [0.2, 0.25) is 0 Å². The highest BCUT2D eigenvalue weighted by Gasteiger charge is 2.27. The number of aromatic nitrogens is 2. The van der Waals surface area contributed by atoms with E-state index in [9.17, 15) is 0 Å². The first-order valence-electron chi connectivity index (χ1n) is 25.5. The number of anilines is 2. The molecule has 10 aromatic rings. The molecular formula is C64H58N4O2S4+2. The Morgan fingerprint density at radius 3 is 1.82 bits per heavy atom. The van der Waals surface area contributed by atoms with Gasteiger partial charge in [0.2, 0.25) is 11.0 Å². The second-order valence-electron chi connectivity index (χ2n) is 17.8. The molecule has 8 aromatic carbocycles. The largest absolute Gasteiger partial charge is 0.494 e. The van der Waals surface area contributed by atoms with Crippen molar-refractivity contribution in [2.24, 2.45) is 0 Å². The summed E-state index contributed by atoms with van der Waals surface area (Å²) in [4.78, 5) is 7.50. The summed E-state index contributed by atoms with van der Waals surface area (Å²) in [5.74, 6) is 1.84. The lowest BCUT2D eigenvalue weighted by atomic mass is 10.1. The zero-order valence-corrected chi connectivity index (χ0v) is 44.9. The molecule has 0 atom stereocenters. The van der Waals surface area contributed by atoms with Crippen molar-refractivity contribution in [3.05, 3.63) is 226 Å². The van der Waals surface area contributed by atoms with Crippen LogP contribution in [0.4, 0.5) is 11.4 Å². The summed E-state index contributed by atoms with van der Waals surface area (Å²) in [7, 11) is 0. The highest BCUT2D eigenvalue weighted by Crippen LogP contribution is 2.49. The van der Waals surface area contributed by atoms with Crippen molar-refractivity contribution in [2.75, 3.05) is 36.1 Å². The van der Waals surface area contributed by atoms with Gasteiger partial charge in [0.05, 0.1) is 40.0 Å². The number of nitrogens with zero attached hydrogens (tertiary/aromatic N) is 4. The molecular weight excluding hydrogens is 985 g/mol. The third-order valence-electron chi connectivity index (χ3n) is 13.2. The fourth-order valence-electron chi connectivity index (χ4n) is 9.72. The Hall–Kier alpha value is -7.08. The highest BCUT2D eigenvalue weighted by atomic mass is 32.2. The van der Waals surface area contributed by atoms with Gasteiger partial charge in [-0.25, -0.2) is 0 Å². The number of benzene rings is 8. The first kappa shape index (κ1) is 49.1. The van der Waals surface area contributed by atoms with Crippen LogP contribution in [0.5, 0.6) is 11.5 Å². The number of ether oxygens (including phenoxy) is 2. The Balaban J connectivity index is 0.000000162. The Labute approximate surface area is 450 Å². The number of thioether (sulfide) groups is 2. The van der Waals surface area contributed by atoms with E-state index in [-0.39, 0.29) is 0 Å². The van der Waals surface area contributed by atoms with E-state index in [0.29, 0.717) is 13.2 Å². The third-order valence-corrected chi connectivity index (χ3v) is 17.7. The van der Waals surface area contributed by atoms with Crippen molar-refractivity contribution in [2.45, 2.75) is 49.6 Å². The molecule has 2 aromatic heterocycles. The van der Waals surface area contributed by atoms with E-state index in [1.54, 1.807) is 0 Å². The number of hydrogen-bond donors (Lipinski definition) is 0. The van der Waals surface area contributed by atoms with Gasteiger partial charge in [-0.05, 0) is 104 Å². The molecule has 0 aliphatic carbocycles. The fourth-order valence-corrected chi connectivity index (χ4v) is 14.2. The summed E-state index contributed by atoms with van der Waals surface area (Å²) in [6.07, 6.45) is 15.3. The molecule has 0 saturated carbocycles. The summed E-state index contributed by atoms with van der Waals surface area (Å²) in [6, 6.07) is 63.8. The van der Waals surface area contributed by atoms with Crippen LogP contribution in [0.25, 0.3) is 54.1 Å². The summed E-state index contributed by atoms with van der Waals surface area (Å²) in [5, 5.41) is 10.3. The number of para-hydroxylation sites is 4. The molecule has 0 fully saturated rings. The molecule has 0 N–H and O–H groups in total. The zero-order chi connectivity index (χ0) is 50.1. The highest BCUT2D eigenvalue weighted by molar-refractivity contribution is 8.04. The minimum absolute atomic E-state index is 0.687. The first-order valence-corrected chi connectivity index (χ1v) is 28.8. The van der Waals surface area contributed by atoms with E-state index in [4.69, 9.17) is 9.47 Å². The van der Waals surface area contributed by atoms with Gasteiger partial charge in [-0.2, -0.15) is 9.13 Å². The van der Waals surface area contributed by atoms with Crippen molar-refractivity contribution in [3.63, 3.8) is 0 Å². The maximum Gasteiger partial charge on any atom is 0.262 e. The van der Waals surface area contributed by atoms with Gasteiger partial charge in [0, 0.05) is 52.9 Å². The van der Waals surface area contributed by atoms with Gasteiger partial charge in [0.25, 0.3) is 10.0 Å². The molecule has 4 heterocycles. The van der Waals surface area contributed by atoms with Gasteiger partial charge in [-0.3, -0.25) is 0 Å². The van der Waals surface area contributed by atoms with Crippen LogP contribution in [-0.2, 0) is 13.1 Å². The van der Waals surface area contributed by atoms with E-state index >= 15 is 0 Å². The van der Waals surface area contributed by atoms with Crippen LogP contribution < -0.4 is 28.4 Å². The Kier molecular flexibility index (Phi) is 15.6. The number of hydrogen-bond acceptors (Lipinski definition) is 8. The van der Waals surface area contributed by atoms with Gasteiger partial charge in [0.1, 0.15) is 27.4 Å². The second kappa shape index (κ2) is 23.4. The Bertz CT molecular complexity index is 3690. The molecule has 0 unspecified atom stereocenters. The Morgan fingerprint density at radius 2 is 1.08 bits per heavy atom. The quantitative estimate of drug-likeness (QED) is 0.0708. The number of allylic oxidation sites excluding steroid dienone is 4. The summed E-state index contributed by atoms with van der Waals surface area (Å²) < 4.78 is 19.4. The van der Waals surface area contributed by atoms with Gasteiger partial charge in [0.15, 0.2) is 6.54 Å². The van der Waals surface area contributed by atoms with Crippen LogP contribution in [-0.4, -0.2) is 26.3 Å². The molecule has 2 aliphatic heterocycles. The predicted octanol–water partition coefficient (Wildman–Crippen LogP) is 16.6. The van der Waals surface area contributed by atoms with E-state index in [1.165, 1.54) is 83.2 Å². The normalized spacial score (nSPS) is 14.3. The molecule has 74 heavy (non-hydrogen) atoms. The SMILES string of the molecule is C(=Cc1sc2ccccc2[n+]1CCCOc1ccccc1)C=C1Sc2ccccc2N1CCCOc1ccccc1.CCN1C(=CC=Cc2sc3ccc4ccccc4c3[n+]2CC)Sc2ccc3ccccc3c21. The maximum atomic E-state index is 5.96. The lowest BCUT2D eigenvalue weighted by molar-refractivity contribution is -0.669. The molecule has 6 nitrogen and oxygen atoms in total. The standard InChI is InChI=1S/C35H33N2O2S2.C29H25N2S2/c1-3-14-28(15-4-1)38-26-12-24-36-30-18-7-9-20-32(30)40-34(36)22-11-23-35-37(31-19-8-10-21-33(31)41-35)25-13-27-39-29-16-5-2-6-17-29;1-3-30-26(32-24-18-16-20-10-5-7-12-22(20)28(24)30)14-9-15-27-31(4-2)29-23-13-8-6-11-21(23)17-19-25(29)33-27/h1-11,14-23H,12-13,24-27H2;5-19H,3-4H2,1-2H3/q2*+1. The van der Waals surface area contributed by atoms with Crippen molar-refractivity contribution < 1.29 is 18.6 Å². The van der Waals surface area contributed by atoms with Gasteiger partial charge < -0.3 is 19.3 Å². The molecule has 2 aliphatic rings. The van der Waals surface area contributed by atoms with Crippen LogP contribution in [0.1, 0.15) is 36.7 Å². The number of rotatable bonds is 16. The summed E-state index contributed by atoms with van der Waals surface area (Å²) >= 11 is 7.40. The lowest BCUT2D eigenvalue weighted by Crippen LogP contribution is -2.35. The van der Waals surface area contributed by atoms with Crippen LogP contribution >= 0.6 is 46.2 Å². The van der Waals surface area contributed by atoms with Crippen molar-refractivity contribution >= 4 is 112 Å². The average molecular weight is 1040 g/mol. The van der Waals surface area contributed by atoms with Crippen molar-refractivity contribution in [1.29, 1.82) is 0 Å². The van der Waals surface area contributed by atoms with Gasteiger partial charge >= 0.3 is 0 Å². The predicted molar refractivity (Wildman–Crippen MR) is 317 cm³/mol. The zero-order valence-electron chi connectivity index (χ0n) is 41.7. The van der Waals surface area contributed by atoms with Crippen molar-refractivity contribution in [3.8, 4) is 11.5 Å². The maximum absolute atomic E-state index is 5.96. The van der Waals surface area contributed by atoms with Gasteiger partial charge in [-0.1, -0.05) is 174 Å². The van der Waals surface area contributed by atoms with Gasteiger partial charge in [-0.15, -0.1) is 0 Å².